The second kappa shape index (κ2) is 15.2. The van der Waals surface area contributed by atoms with Gasteiger partial charge < -0.3 is 18.2 Å². The third-order valence-electron chi connectivity index (χ3n) is 5.07. The fourth-order valence-electron chi connectivity index (χ4n) is 3.26. The van der Waals surface area contributed by atoms with Gasteiger partial charge in [-0.15, -0.1) is 0 Å². The maximum atomic E-state index is 6.25. The highest BCUT2D eigenvalue weighted by Crippen LogP contribution is 2.18. The van der Waals surface area contributed by atoms with Crippen LogP contribution in [0, 0.1) is 0 Å². The topological polar surface area (TPSA) is 30.9 Å². The van der Waals surface area contributed by atoms with Crippen molar-refractivity contribution in [3.63, 3.8) is 0 Å². The monoisotopic (exact) mass is 395 g/mol. The van der Waals surface area contributed by atoms with Crippen LogP contribution in [-0.2, 0) is 19.7 Å². The molecule has 0 bridgehead atoms. The number of hydrogen-bond donors (Lipinski definition) is 0. The van der Waals surface area contributed by atoms with Gasteiger partial charge in [-0.05, 0) is 37.9 Å². The molecule has 0 N–H and O–H groups in total. The van der Waals surface area contributed by atoms with E-state index in [2.05, 4.69) is 43.0 Å². The average molecular weight is 396 g/mol. The summed E-state index contributed by atoms with van der Waals surface area (Å²) in [5, 5.41) is 0. The summed E-state index contributed by atoms with van der Waals surface area (Å²) in [4.78, 5) is 2.55. The Balaban J connectivity index is 2.48. The van der Waals surface area contributed by atoms with Crippen molar-refractivity contribution in [1.29, 1.82) is 0 Å². The van der Waals surface area contributed by atoms with E-state index < -0.39 is 8.80 Å². The molecule has 156 valence electrons. The molecule has 0 spiro atoms. The normalized spacial score (nSPS) is 12.0. The van der Waals surface area contributed by atoms with Gasteiger partial charge in [0.15, 0.2) is 0 Å². The van der Waals surface area contributed by atoms with Crippen LogP contribution in [0.3, 0.4) is 0 Å². The highest BCUT2D eigenvalue weighted by atomic mass is 28.4. The molecular formula is C22H41NO3Si. The van der Waals surface area contributed by atoms with Gasteiger partial charge in [-0.2, -0.15) is 0 Å². The largest absolute Gasteiger partial charge is 0.500 e. The van der Waals surface area contributed by atoms with Crippen LogP contribution in [0.15, 0.2) is 30.3 Å². The van der Waals surface area contributed by atoms with E-state index in [1.54, 1.807) is 14.2 Å². The molecule has 27 heavy (non-hydrogen) atoms. The Morgan fingerprint density at radius 3 is 1.93 bits per heavy atom. The van der Waals surface area contributed by atoms with Crippen molar-refractivity contribution in [1.82, 2.24) is 4.90 Å². The lowest BCUT2D eigenvalue weighted by atomic mass is 10.2. The van der Waals surface area contributed by atoms with Crippen molar-refractivity contribution in [3.8, 4) is 0 Å². The highest BCUT2D eigenvalue weighted by molar-refractivity contribution is 6.60. The molecule has 0 atom stereocenters. The summed E-state index contributed by atoms with van der Waals surface area (Å²) >= 11 is 0. The van der Waals surface area contributed by atoms with Gasteiger partial charge in [-0.25, -0.2) is 0 Å². The zero-order chi connectivity index (χ0) is 19.8. The smallest absolute Gasteiger partial charge is 0.377 e. The number of hydrogen-bond acceptors (Lipinski definition) is 4. The summed E-state index contributed by atoms with van der Waals surface area (Å²) in [6.07, 6.45) is 8.60. The molecule has 0 radical (unpaired) electrons. The van der Waals surface area contributed by atoms with E-state index in [9.17, 15) is 0 Å². The van der Waals surface area contributed by atoms with Crippen molar-refractivity contribution < 1.29 is 13.3 Å². The van der Waals surface area contributed by atoms with Crippen molar-refractivity contribution in [3.05, 3.63) is 35.9 Å². The molecule has 0 aliphatic heterocycles. The number of benzene rings is 1. The molecule has 5 heteroatoms. The van der Waals surface area contributed by atoms with Gasteiger partial charge in [0.25, 0.3) is 0 Å². The molecule has 0 amide bonds. The zero-order valence-electron chi connectivity index (χ0n) is 18.0. The van der Waals surface area contributed by atoms with Crippen molar-refractivity contribution >= 4 is 8.80 Å². The Morgan fingerprint density at radius 2 is 1.41 bits per heavy atom. The Bertz CT molecular complexity index is 444. The summed E-state index contributed by atoms with van der Waals surface area (Å²) in [6, 6.07) is 11.3. The van der Waals surface area contributed by atoms with Crippen LogP contribution in [0.2, 0.25) is 6.04 Å². The van der Waals surface area contributed by atoms with Gasteiger partial charge in [0.1, 0.15) is 0 Å². The lowest BCUT2D eigenvalue weighted by Gasteiger charge is -2.29. The minimum Gasteiger partial charge on any atom is -0.377 e. The lowest BCUT2D eigenvalue weighted by Crippen LogP contribution is -2.46. The van der Waals surface area contributed by atoms with Gasteiger partial charge >= 0.3 is 8.80 Å². The van der Waals surface area contributed by atoms with E-state index in [4.69, 9.17) is 13.3 Å². The quantitative estimate of drug-likeness (QED) is 0.269. The van der Waals surface area contributed by atoms with Crippen LogP contribution in [0.25, 0.3) is 0 Å². The molecule has 0 aliphatic carbocycles. The maximum absolute atomic E-state index is 6.25. The SMILES string of the molecule is CCCCCN(CCCCC)CCO[Si](CCc1ccccc1)(OC)OC. The van der Waals surface area contributed by atoms with Gasteiger partial charge in [0.2, 0.25) is 0 Å². The van der Waals surface area contributed by atoms with Gasteiger partial charge in [0.05, 0.1) is 6.61 Å². The summed E-state index contributed by atoms with van der Waals surface area (Å²) in [5.41, 5.74) is 1.30. The van der Waals surface area contributed by atoms with E-state index >= 15 is 0 Å². The summed E-state index contributed by atoms with van der Waals surface area (Å²) in [6.45, 7) is 8.49. The van der Waals surface area contributed by atoms with Crippen molar-refractivity contribution in [2.24, 2.45) is 0 Å². The van der Waals surface area contributed by atoms with E-state index in [0.717, 1.165) is 19.0 Å². The van der Waals surface area contributed by atoms with Crippen LogP contribution in [-0.4, -0.2) is 54.2 Å². The molecule has 0 aliphatic rings. The second-order valence-electron chi connectivity index (χ2n) is 7.18. The number of nitrogens with zero attached hydrogens (tertiary/aromatic N) is 1. The van der Waals surface area contributed by atoms with E-state index in [1.165, 1.54) is 57.2 Å². The van der Waals surface area contributed by atoms with Crippen LogP contribution in [0.4, 0.5) is 0 Å². The van der Waals surface area contributed by atoms with Crippen LogP contribution < -0.4 is 0 Å². The Labute approximate surface area is 168 Å². The minimum atomic E-state index is -2.60. The standard InChI is InChI=1S/C22H41NO3Si/c1-5-7-12-17-23(18-13-8-6-2)19-20-26-27(24-3,25-4)21-16-22-14-10-9-11-15-22/h9-11,14-15H,5-8,12-13,16-21H2,1-4H3. The lowest BCUT2D eigenvalue weighted by molar-refractivity contribution is 0.0845. The number of aryl methyl sites for hydroxylation is 1. The predicted octanol–water partition coefficient (Wildman–Crippen LogP) is 5.16. The molecule has 0 saturated carbocycles. The second-order valence-corrected chi connectivity index (χ2v) is 10.2. The maximum Gasteiger partial charge on any atom is 0.500 e. The Hall–Kier alpha value is -0.723. The predicted molar refractivity (Wildman–Crippen MR) is 116 cm³/mol. The van der Waals surface area contributed by atoms with Gasteiger partial charge in [0, 0.05) is 26.8 Å². The molecule has 4 nitrogen and oxygen atoms in total. The molecule has 0 saturated heterocycles. The van der Waals surface area contributed by atoms with E-state index in [-0.39, 0.29) is 0 Å². The third kappa shape index (κ3) is 10.4. The van der Waals surface area contributed by atoms with Crippen molar-refractivity contribution in [2.45, 2.75) is 64.8 Å². The van der Waals surface area contributed by atoms with Gasteiger partial charge in [-0.1, -0.05) is 69.9 Å². The van der Waals surface area contributed by atoms with Crippen LogP contribution in [0.1, 0.15) is 57.9 Å². The minimum absolute atomic E-state index is 0.681. The molecule has 0 heterocycles. The zero-order valence-corrected chi connectivity index (χ0v) is 19.0. The van der Waals surface area contributed by atoms with E-state index in [1.807, 2.05) is 6.07 Å². The van der Waals surface area contributed by atoms with Crippen molar-refractivity contribution in [2.75, 3.05) is 40.5 Å². The first-order valence-electron chi connectivity index (χ1n) is 10.7. The Morgan fingerprint density at radius 1 is 0.815 bits per heavy atom. The molecule has 0 fully saturated rings. The van der Waals surface area contributed by atoms with Crippen LogP contribution >= 0.6 is 0 Å². The number of rotatable bonds is 17. The van der Waals surface area contributed by atoms with Crippen LogP contribution in [0.5, 0.6) is 0 Å². The summed E-state index contributed by atoms with van der Waals surface area (Å²) in [7, 11) is 0.850. The average Bonchev–Trinajstić information content (AvgIpc) is 2.71. The van der Waals surface area contributed by atoms with Gasteiger partial charge in [-0.3, -0.25) is 0 Å². The number of unbranched alkanes of at least 4 members (excludes halogenated alkanes) is 4. The third-order valence-corrected chi connectivity index (χ3v) is 7.82. The summed E-state index contributed by atoms with van der Waals surface area (Å²) < 4.78 is 17.8. The molecule has 0 aromatic heterocycles. The molecule has 0 unspecified atom stereocenters. The first kappa shape index (κ1) is 24.3. The molecule has 1 aromatic rings. The first-order valence-corrected chi connectivity index (χ1v) is 12.6. The first-order chi connectivity index (χ1) is 13.2. The Kier molecular flexibility index (Phi) is 13.7. The molecule has 1 rings (SSSR count). The fourth-order valence-corrected chi connectivity index (χ4v) is 5.21. The van der Waals surface area contributed by atoms with E-state index in [0.29, 0.717) is 6.61 Å². The highest BCUT2D eigenvalue weighted by Gasteiger charge is 2.38. The molecule has 1 aromatic carbocycles. The molecular weight excluding hydrogens is 354 g/mol. The fraction of sp³-hybridized carbons (Fsp3) is 0.727. The summed E-state index contributed by atoms with van der Waals surface area (Å²) in [5.74, 6) is 0.